The molecule has 4 nitrogen and oxygen atoms in total. The summed E-state index contributed by atoms with van der Waals surface area (Å²) in [6, 6.07) is 6.07. The molecule has 116 valence electrons. The zero-order chi connectivity index (χ0) is 13.9. The van der Waals surface area contributed by atoms with Gasteiger partial charge < -0.3 is 10.5 Å². The van der Waals surface area contributed by atoms with Gasteiger partial charge in [0.15, 0.2) is 0 Å². The SMILES string of the molecule is COc1ccc2nc(CN3CCC(CN)CC3)sc2c1.Cl. The van der Waals surface area contributed by atoms with E-state index >= 15 is 0 Å². The standard InChI is InChI=1S/C15H21N3OS.ClH/c1-19-12-2-3-13-14(8-12)20-15(17-13)10-18-6-4-11(9-16)5-7-18;/h2-3,8,11H,4-7,9-10,16H2,1H3;1H. The number of hydrogen-bond donors (Lipinski definition) is 1. The summed E-state index contributed by atoms with van der Waals surface area (Å²) < 4.78 is 6.47. The minimum absolute atomic E-state index is 0. The second kappa shape index (κ2) is 7.40. The molecule has 1 aromatic heterocycles. The maximum atomic E-state index is 5.74. The van der Waals surface area contributed by atoms with Crippen LogP contribution < -0.4 is 10.5 Å². The monoisotopic (exact) mass is 327 g/mol. The molecule has 0 unspecified atom stereocenters. The summed E-state index contributed by atoms with van der Waals surface area (Å²) >= 11 is 1.77. The lowest BCUT2D eigenvalue weighted by molar-refractivity contribution is 0.180. The van der Waals surface area contributed by atoms with Crippen LogP contribution in [0.5, 0.6) is 5.75 Å². The number of benzene rings is 1. The third-order valence-electron chi connectivity index (χ3n) is 4.04. The number of thiazole rings is 1. The summed E-state index contributed by atoms with van der Waals surface area (Å²) in [6.45, 7) is 4.07. The molecule has 0 aliphatic carbocycles. The largest absolute Gasteiger partial charge is 0.497 e. The third-order valence-corrected chi connectivity index (χ3v) is 5.04. The lowest BCUT2D eigenvalue weighted by Gasteiger charge is -2.30. The second-order valence-corrected chi connectivity index (χ2v) is 6.51. The summed E-state index contributed by atoms with van der Waals surface area (Å²) in [6.07, 6.45) is 2.43. The lowest BCUT2D eigenvalue weighted by atomic mass is 9.97. The van der Waals surface area contributed by atoms with Crippen LogP contribution in [0.25, 0.3) is 10.2 Å². The number of rotatable bonds is 4. The number of piperidine rings is 1. The van der Waals surface area contributed by atoms with E-state index in [1.54, 1.807) is 18.4 Å². The number of likely N-dealkylation sites (tertiary alicyclic amines) is 1. The maximum Gasteiger partial charge on any atom is 0.120 e. The van der Waals surface area contributed by atoms with Crippen molar-refractivity contribution in [2.45, 2.75) is 19.4 Å². The van der Waals surface area contributed by atoms with Crippen LogP contribution in [0, 0.1) is 5.92 Å². The molecule has 6 heteroatoms. The molecule has 0 atom stereocenters. The molecule has 21 heavy (non-hydrogen) atoms. The van der Waals surface area contributed by atoms with Gasteiger partial charge in [0.2, 0.25) is 0 Å². The topological polar surface area (TPSA) is 51.4 Å². The Labute approximate surface area is 135 Å². The third kappa shape index (κ3) is 3.86. The van der Waals surface area contributed by atoms with E-state index in [-0.39, 0.29) is 12.4 Å². The van der Waals surface area contributed by atoms with E-state index in [9.17, 15) is 0 Å². The molecule has 2 heterocycles. The minimum Gasteiger partial charge on any atom is -0.497 e. The molecule has 1 aliphatic heterocycles. The Morgan fingerprint density at radius 2 is 2.14 bits per heavy atom. The fourth-order valence-corrected chi connectivity index (χ4v) is 3.76. The Morgan fingerprint density at radius 1 is 1.38 bits per heavy atom. The predicted molar refractivity (Wildman–Crippen MR) is 90.5 cm³/mol. The van der Waals surface area contributed by atoms with E-state index < -0.39 is 0 Å². The Bertz CT molecular complexity index is 581. The quantitative estimate of drug-likeness (QED) is 0.938. The first-order valence-corrected chi connectivity index (χ1v) is 7.96. The summed E-state index contributed by atoms with van der Waals surface area (Å²) in [5.41, 5.74) is 6.81. The summed E-state index contributed by atoms with van der Waals surface area (Å²) in [5, 5.41) is 1.19. The van der Waals surface area contributed by atoms with Crippen LogP contribution in [0.2, 0.25) is 0 Å². The first-order valence-electron chi connectivity index (χ1n) is 7.14. The van der Waals surface area contributed by atoms with Crippen molar-refractivity contribution in [3.63, 3.8) is 0 Å². The van der Waals surface area contributed by atoms with Crippen LogP contribution in [-0.2, 0) is 6.54 Å². The molecule has 2 aromatic rings. The van der Waals surface area contributed by atoms with Gasteiger partial charge in [0, 0.05) is 0 Å². The zero-order valence-electron chi connectivity index (χ0n) is 12.2. The van der Waals surface area contributed by atoms with Gasteiger partial charge in [-0.3, -0.25) is 4.90 Å². The summed E-state index contributed by atoms with van der Waals surface area (Å²) in [7, 11) is 1.70. The molecule has 0 radical (unpaired) electrons. The highest BCUT2D eigenvalue weighted by molar-refractivity contribution is 7.18. The van der Waals surface area contributed by atoms with E-state index in [2.05, 4.69) is 11.0 Å². The van der Waals surface area contributed by atoms with E-state index in [1.165, 1.54) is 22.5 Å². The van der Waals surface area contributed by atoms with Crippen LogP contribution >= 0.6 is 23.7 Å². The number of halogens is 1. The van der Waals surface area contributed by atoms with E-state index in [0.717, 1.165) is 37.4 Å². The number of fused-ring (bicyclic) bond motifs is 1. The molecular formula is C15H22ClN3OS. The maximum absolute atomic E-state index is 5.74. The van der Waals surface area contributed by atoms with Gasteiger partial charge in [-0.25, -0.2) is 4.98 Å². The Balaban J connectivity index is 0.00000161. The molecule has 0 spiro atoms. The highest BCUT2D eigenvalue weighted by Gasteiger charge is 2.19. The number of nitrogens with zero attached hydrogens (tertiary/aromatic N) is 2. The van der Waals surface area contributed by atoms with Crippen LogP contribution in [0.3, 0.4) is 0 Å². The Kier molecular flexibility index (Phi) is 5.81. The van der Waals surface area contributed by atoms with Crippen molar-refractivity contribution in [1.29, 1.82) is 0 Å². The van der Waals surface area contributed by atoms with Crippen molar-refractivity contribution >= 4 is 34.0 Å². The summed E-state index contributed by atoms with van der Waals surface area (Å²) in [4.78, 5) is 7.21. The van der Waals surface area contributed by atoms with Gasteiger partial charge in [-0.1, -0.05) is 0 Å². The van der Waals surface area contributed by atoms with Crippen molar-refractivity contribution in [2.75, 3.05) is 26.7 Å². The number of nitrogens with two attached hydrogens (primary N) is 1. The van der Waals surface area contributed by atoms with Crippen molar-refractivity contribution in [3.8, 4) is 5.75 Å². The average molecular weight is 328 g/mol. The van der Waals surface area contributed by atoms with Gasteiger partial charge in [0.25, 0.3) is 0 Å². The number of aromatic nitrogens is 1. The normalized spacial score (nSPS) is 16.9. The highest BCUT2D eigenvalue weighted by atomic mass is 35.5. The number of methoxy groups -OCH3 is 1. The second-order valence-electron chi connectivity index (χ2n) is 5.40. The first kappa shape index (κ1) is 16.5. The van der Waals surface area contributed by atoms with Gasteiger partial charge >= 0.3 is 0 Å². The van der Waals surface area contributed by atoms with Crippen molar-refractivity contribution in [2.24, 2.45) is 11.7 Å². The molecule has 1 aliphatic rings. The van der Waals surface area contributed by atoms with Gasteiger partial charge in [0.1, 0.15) is 10.8 Å². The van der Waals surface area contributed by atoms with E-state index in [4.69, 9.17) is 15.5 Å². The molecular weight excluding hydrogens is 306 g/mol. The molecule has 0 bridgehead atoms. The lowest BCUT2D eigenvalue weighted by Crippen LogP contribution is -2.35. The van der Waals surface area contributed by atoms with Crippen molar-refractivity contribution in [1.82, 2.24) is 9.88 Å². The minimum atomic E-state index is 0. The highest BCUT2D eigenvalue weighted by Crippen LogP contribution is 2.27. The van der Waals surface area contributed by atoms with Crippen LogP contribution in [0.1, 0.15) is 17.8 Å². The molecule has 2 N–H and O–H groups in total. The Hall–Kier alpha value is -0.880. The molecule has 0 saturated carbocycles. The van der Waals surface area contributed by atoms with Crippen molar-refractivity contribution < 1.29 is 4.74 Å². The average Bonchev–Trinajstić information content (AvgIpc) is 2.89. The Morgan fingerprint density at radius 3 is 2.81 bits per heavy atom. The fourth-order valence-electron chi connectivity index (χ4n) is 2.72. The van der Waals surface area contributed by atoms with E-state index in [1.807, 2.05) is 12.1 Å². The van der Waals surface area contributed by atoms with Crippen LogP contribution in [0.4, 0.5) is 0 Å². The molecule has 1 fully saturated rings. The summed E-state index contributed by atoms with van der Waals surface area (Å²) in [5.74, 6) is 1.61. The first-order chi connectivity index (χ1) is 9.78. The van der Waals surface area contributed by atoms with Crippen molar-refractivity contribution in [3.05, 3.63) is 23.2 Å². The fraction of sp³-hybridized carbons (Fsp3) is 0.533. The van der Waals surface area contributed by atoms with Gasteiger partial charge in [-0.2, -0.15) is 0 Å². The molecule has 0 amide bonds. The molecule has 3 rings (SSSR count). The van der Waals surface area contributed by atoms with Crippen LogP contribution in [-0.4, -0.2) is 36.6 Å². The smallest absolute Gasteiger partial charge is 0.120 e. The van der Waals surface area contributed by atoms with Gasteiger partial charge in [-0.05, 0) is 56.6 Å². The molecule has 1 aromatic carbocycles. The predicted octanol–water partition coefficient (Wildman–Crippen LogP) is 2.90. The molecule has 1 saturated heterocycles. The number of hydrogen-bond acceptors (Lipinski definition) is 5. The zero-order valence-corrected chi connectivity index (χ0v) is 13.9. The van der Waals surface area contributed by atoms with Gasteiger partial charge in [0.05, 0.1) is 23.9 Å². The van der Waals surface area contributed by atoms with E-state index in [0.29, 0.717) is 5.92 Å². The van der Waals surface area contributed by atoms with Crippen LogP contribution in [0.15, 0.2) is 18.2 Å². The van der Waals surface area contributed by atoms with Gasteiger partial charge in [-0.15, -0.1) is 23.7 Å². The number of ether oxygens (including phenoxy) is 1.